The van der Waals surface area contributed by atoms with Crippen molar-refractivity contribution in [1.29, 1.82) is 0 Å². The molecule has 1 aliphatic rings. The number of rotatable bonds is 7. The van der Waals surface area contributed by atoms with E-state index in [1.807, 2.05) is 91.0 Å². The Bertz CT molecular complexity index is 887. The molecule has 0 heterocycles. The second-order valence-electron chi connectivity index (χ2n) is 7.65. The van der Waals surface area contributed by atoms with E-state index >= 15 is 0 Å². The maximum atomic E-state index is 12.8. The van der Waals surface area contributed by atoms with Gasteiger partial charge in [-0.3, -0.25) is 0 Å². The van der Waals surface area contributed by atoms with E-state index in [-0.39, 0.29) is 24.5 Å². The molecular weight excluding hydrogens is 360 g/mol. The lowest BCUT2D eigenvalue weighted by molar-refractivity contribution is 0.0159. The number of aliphatic hydroxyl groups is 1. The van der Waals surface area contributed by atoms with Crippen LogP contribution in [0, 0.1) is 5.92 Å². The summed E-state index contributed by atoms with van der Waals surface area (Å²) in [6, 6.07) is 28.9. The van der Waals surface area contributed by atoms with E-state index in [1.165, 1.54) is 0 Å². The molecular formula is C25H26N2O2. The molecule has 3 N–H and O–H groups in total. The summed E-state index contributed by atoms with van der Waals surface area (Å²) in [5, 5.41) is 17.3. The highest BCUT2D eigenvalue weighted by Crippen LogP contribution is 2.45. The van der Waals surface area contributed by atoms with Crippen LogP contribution in [0.2, 0.25) is 0 Å². The predicted molar refractivity (Wildman–Crippen MR) is 114 cm³/mol. The van der Waals surface area contributed by atoms with Crippen molar-refractivity contribution in [2.24, 2.45) is 5.92 Å². The molecule has 1 unspecified atom stereocenters. The Morgan fingerprint density at radius 1 is 0.862 bits per heavy atom. The number of carbonyl (C=O) groups excluding carboxylic acids is 1. The van der Waals surface area contributed by atoms with Crippen molar-refractivity contribution in [3.63, 3.8) is 0 Å². The van der Waals surface area contributed by atoms with Gasteiger partial charge in [-0.25, -0.2) is 4.79 Å². The summed E-state index contributed by atoms with van der Waals surface area (Å²) in [6.45, 7) is 0.184. The van der Waals surface area contributed by atoms with Gasteiger partial charge in [-0.2, -0.15) is 0 Å². The molecule has 1 aliphatic carbocycles. The van der Waals surface area contributed by atoms with E-state index < -0.39 is 5.60 Å². The number of urea groups is 1. The minimum Gasteiger partial charge on any atom is -0.383 e. The van der Waals surface area contributed by atoms with E-state index in [4.69, 9.17) is 0 Å². The molecule has 1 fully saturated rings. The molecule has 4 rings (SSSR count). The van der Waals surface area contributed by atoms with E-state index in [0.717, 1.165) is 29.5 Å². The van der Waals surface area contributed by atoms with Crippen molar-refractivity contribution >= 4 is 6.03 Å². The molecule has 0 bridgehead atoms. The average molecular weight is 386 g/mol. The zero-order chi connectivity index (χ0) is 20.1. The second-order valence-corrected chi connectivity index (χ2v) is 7.65. The number of amides is 2. The van der Waals surface area contributed by atoms with E-state index in [1.54, 1.807) is 0 Å². The van der Waals surface area contributed by atoms with Crippen LogP contribution in [0.3, 0.4) is 0 Å². The summed E-state index contributed by atoms with van der Waals surface area (Å²) < 4.78 is 0. The maximum absolute atomic E-state index is 12.8. The number of benzene rings is 3. The van der Waals surface area contributed by atoms with Gasteiger partial charge in [0.05, 0.1) is 12.6 Å². The fourth-order valence-electron chi connectivity index (χ4n) is 3.82. The van der Waals surface area contributed by atoms with Crippen LogP contribution in [-0.4, -0.2) is 17.7 Å². The number of hydrogen-bond donors (Lipinski definition) is 3. The minimum atomic E-state index is -1.03. The second kappa shape index (κ2) is 8.50. The molecule has 4 heteroatoms. The normalized spacial score (nSPS) is 15.5. The van der Waals surface area contributed by atoms with Crippen LogP contribution in [0.15, 0.2) is 91.0 Å². The zero-order valence-corrected chi connectivity index (χ0v) is 16.3. The van der Waals surface area contributed by atoms with Crippen LogP contribution in [0.25, 0.3) is 0 Å². The average Bonchev–Trinajstić information content (AvgIpc) is 3.64. The van der Waals surface area contributed by atoms with Crippen molar-refractivity contribution in [2.45, 2.75) is 24.5 Å². The molecule has 0 spiro atoms. The van der Waals surface area contributed by atoms with Gasteiger partial charge in [0.2, 0.25) is 0 Å². The van der Waals surface area contributed by atoms with Gasteiger partial charge < -0.3 is 15.7 Å². The molecule has 3 aromatic rings. The van der Waals surface area contributed by atoms with Crippen LogP contribution in [0.1, 0.15) is 35.6 Å². The van der Waals surface area contributed by atoms with Crippen molar-refractivity contribution in [2.75, 3.05) is 6.54 Å². The lowest BCUT2D eigenvalue weighted by Crippen LogP contribution is -2.46. The summed E-state index contributed by atoms with van der Waals surface area (Å²) in [4.78, 5) is 12.8. The number of hydrogen-bond acceptors (Lipinski definition) is 2. The molecule has 2 amide bonds. The van der Waals surface area contributed by atoms with Crippen LogP contribution in [-0.2, 0) is 5.60 Å². The molecule has 3 aromatic carbocycles. The zero-order valence-electron chi connectivity index (χ0n) is 16.3. The summed E-state index contributed by atoms with van der Waals surface area (Å²) in [6.07, 6.45) is 1.96. The van der Waals surface area contributed by atoms with Crippen molar-refractivity contribution in [1.82, 2.24) is 10.6 Å². The fourth-order valence-corrected chi connectivity index (χ4v) is 3.82. The highest BCUT2D eigenvalue weighted by Gasteiger charge is 2.45. The third-order valence-electron chi connectivity index (χ3n) is 5.59. The molecule has 0 radical (unpaired) electrons. The van der Waals surface area contributed by atoms with Gasteiger partial charge in [0, 0.05) is 0 Å². The quantitative estimate of drug-likeness (QED) is 0.565. The SMILES string of the molecule is O=C(NCC(O)(c1ccccc1)C1CC1)NC(c1ccccc1)c1ccccc1. The van der Waals surface area contributed by atoms with Gasteiger partial charge in [-0.15, -0.1) is 0 Å². The summed E-state index contributed by atoms with van der Waals surface area (Å²) in [7, 11) is 0. The first kappa shape index (κ1) is 19.2. The lowest BCUT2D eigenvalue weighted by atomic mass is 9.88. The molecule has 1 atom stereocenters. The topological polar surface area (TPSA) is 61.4 Å². The van der Waals surface area contributed by atoms with E-state index in [9.17, 15) is 9.90 Å². The van der Waals surface area contributed by atoms with E-state index in [0.29, 0.717) is 0 Å². The van der Waals surface area contributed by atoms with Crippen molar-refractivity contribution in [3.05, 3.63) is 108 Å². The fraction of sp³-hybridized carbons (Fsp3) is 0.240. The summed E-state index contributed by atoms with van der Waals surface area (Å²) in [5.74, 6) is 0.184. The largest absolute Gasteiger partial charge is 0.383 e. The van der Waals surface area contributed by atoms with Gasteiger partial charge in [0.1, 0.15) is 5.60 Å². The molecule has 0 aliphatic heterocycles. The lowest BCUT2D eigenvalue weighted by Gasteiger charge is -2.30. The Hall–Kier alpha value is -3.11. The van der Waals surface area contributed by atoms with Crippen LogP contribution < -0.4 is 10.6 Å². The van der Waals surface area contributed by atoms with Crippen LogP contribution >= 0.6 is 0 Å². The Morgan fingerprint density at radius 2 is 1.34 bits per heavy atom. The molecule has 0 saturated heterocycles. The summed E-state index contributed by atoms with van der Waals surface area (Å²) in [5.41, 5.74) is 1.84. The van der Waals surface area contributed by atoms with Gasteiger partial charge in [0.15, 0.2) is 0 Å². The Kier molecular flexibility index (Phi) is 5.63. The Morgan fingerprint density at radius 3 is 1.83 bits per heavy atom. The molecule has 148 valence electrons. The Balaban J connectivity index is 1.48. The van der Waals surface area contributed by atoms with Gasteiger partial charge >= 0.3 is 6.03 Å². The van der Waals surface area contributed by atoms with Gasteiger partial charge in [-0.05, 0) is 35.4 Å². The number of nitrogens with one attached hydrogen (secondary N) is 2. The van der Waals surface area contributed by atoms with Crippen LogP contribution in [0.5, 0.6) is 0 Å². The minimum absolute atomic E-state index is 0.184. The Labute approximate surface area is 171 Å². The first-order chi connectivity index (χ1) is 14.2. The van der Waals surface area contributed by atoms with Gasteiger partial charge in [0.25, 0.3) is 0 Å². The third kappa shape index (κ3) is 4.49. The molecule has 29 heavy (non-hydrogen) atoms. The van der Waals surface area contributed by atoms with Crippen LogP contribution in [0.4, 0.5) is 4.79 Å². The molecule has 0 aromatic heterocycles. The first-order valence-electron chi connectivity index (χ1n) is 10.1. The monoisotopic (exact) mass is 386 g/mol. The molecule has 4 nitrogen and oxygen atoms in total. The van der Waals surface area contributed by atoms with Crippen molar-refractivity contribution < 1.29 is 9.90 Å². The predicted octanol–water partition coefficient (Wildman–Crippen LogP) is 4.37. The van der Waals surface area contributed by atoms with Gasteiger partial charge in [-0.1, -0.05) is 91.0 Å². The number of carbonyl (C=O) groups is 1. The standard InChI is InChI=1S/C25H26N2O2/c28-24(26-18-25(29,22-16-17-22)21-14-8-3-9-15-21)27-23(19-10-4-1-5-11-19)20-12-6-2-7-13-20/h1-15,22-23,29H,16-18H2,(H2,26,27,28). The van der Waals surface area contributed by atoms with Crippen molar-refractivity contribution in [3.8, 4) is 0 Å². The summed E-state index contributed by atoms with van der Waals surface area (Å²) >= 11 is 0. The highest BCUT2D eigenvalue weighted by molar-refractivity contribution is 5.75. The third-order valence-corrected chi connectivity index (χ3v) is 5.59. The van der Waals surface area contributed by atoms with E-state index in [2.05, 4.69) is 10.6 Å². The molecule has 1 saturated carbocycles. The highest BCUT2D eigenvalue weighted by atomic mass is 16.3. The first-order valence-corrected chi connectivity index (χ1v) is 10.1. The maximum Gasteiger partial charge on any atom is 0.315 e. The smallest absolute Gasteiger partial charge is 0.315 e.